The van der Waals surface area contributed by atoms with Crippen LogP contribution in [0.4, 0.5) is 0 Å². The number of aryl methyl sites for hydroxylation is 1. The standard InChI is InChI=1S/C10H12BrNO3/c1-5-2-3-6(11)4-7(5)8(13)9(14)10(12)15/h2-4,8-9,13-14H,1H3,(H2,12,15). The third-order valence-corrected chi connectivity index (χ3v) is 2.64. The van der Waals surface area contributed by atoms with Gasteiger partial charge in [-0.15, -0.1) is 0 Å². The fourth-order valence-corrected chi connectivity index (χ4v) is 1.63. The number of aliphatic hydroxyl groups is 2. The molecule has 0 saturated carbocycles. The monoisotopic (exact) mass is 273 g/mol. The zero-order valence-electron chi connectivity index (χ0n) is 8.14. The molecule has 5 heteroatoms. The van der Waals surface area contributed by atoms with Crippen molar-refractivity contribution >= 4 is 21.8 Å². The summed E-state index contributed by atoms with van der Waals surface area (Å²) in [5.74, 6) is -0.943. The predicted molar refractivity (Wildman–Crippen MR) is 59.0 cm³/mol. The topological polar surface area (TPSA) is 83.6 Å². The first-order valence-corrected chi connectivity index (χ1v) is 5.14. The van der Waals surface area contributed by atoms with Crippen LogP contribution in [0.1, 0.15) is 17.2 Å². The highest BCUT2D eigenvalue weighted by atomic mass is 79.9. The lowest BCUT2D eigenvalue weighted by atomic mass is 9.99. The van der Waals surface area contributed by atoms with Gasteiger partial charge in [-0.2, -0.15) is 0 Å². The number of halogens is 1. The molecule has 0 aliphatic rings. The second kappa shape index (κ2) is 4.74. The molecule has 0 spiro atoms. The van der Waals surface area contributed by atoms with Crippen LogP contribution in [-0.2, 0) is 4.79 Å². The summed E-state index contributed by atoms with van der Waals surface area (Å²) in [7, 11) is 0. The zero-order valence-corrected chi connectivity index (χ0v) is 9.73. The van der Waals surface area contributed by atoms with E-state index in [1.807, 2.05) is 6.07 Å². The van der Waals surface area contributed by atoms with Gasteiger partial charge < -0.3 is 15.9 Å². The zero-order chi connectivity index (χ0) is 11.6. The van der Waals surface area contributed by atoms with E-state index < -0.39 is 18.1 Å². The first-order valence-electron chi connectivity index (χ1n) is 4.35. The van der Waals surface area contributed by atoms with Crippen molar-refractivity contribution in [2.75, 3.05) is 0 Å². The Morgan fingerprint density at radius 2 is 2.07 bits per heavy atom. The summed E-state index contributed by atoms with van der Waals surface area (Å²) in [6, 6.07) is 5.23. The van der Waals surface area contributed by atoms with E-state index in [0.29, 0.717) is 5.56 Å². The minimum Gasteiger partial charge on any atom is -0.385 e. The highest BCUT2D eigenvalue weighted by Crippen LogP contribution is 2.24. The lowest BCUT2D eigenvalue weighted by Crippen LogP contribution is -2.34. The largest absolute Gasteiger partial charge is 0.385 e. The number of carbonyl (C=O) groups excluding carboxylic acids is 1. The van der Waals surface area contributed by atoms with Crippen molar-refractivity contribution in [1.82, 2.24) is 0 Å². The number of hydrogen-bond acceptors (Lipinski definition) is 3. The van der Waals surface area contributed by atoms with Gasteiger partial charge in [-0.1, -0.05) is 22.0 Å². The number of hydrogen-bond donors (Lipinski definition) is 3. The Bertz CT molecular complexity index is 381. The molecule has 0 heterocycles. The minimum atomic E-state index is -1.59. The number of primary amides is 1. The van der Waals surface area contributed by atoms with Gasteiger partial charge in [0, 0.05) is 4.47 Å². The number of amides is 1. The van der Waals surface area contributed by atoms with Crippen molar-refractivity contribution in [2.45, 2.75) is 19.1 Å². The molecule has 2 unspecified atom stereocenters. The van der Waals surface area contributed by atoms with Gasteiger partial charge in [0.05, 0.1) is 0 Å². The summed E-state index contributed by atoms with van der Waals surface area (Å²) in [4.78, 5) is 10.7. The molecule has 1 amide bonds. The van der Waals surface area contributed by atoms with Gasteiger partial charge in [-0.25, -0.2) is 0 Å². The summed E-state index contributed by atoms with van der Waals surface area (Å²) < 4.78 is 0.763. The smallest absolute Gasteiger partial charge is 0.249 e. The maximum absolute atomic E-state index is 10.7. The van der Waals surface area contributed by atoms with E-state index in [4.69, 9.17) is 5.73 Å². The lowest BCUT2D eigenvalue weighted by molar-refractivity contribution is -0.132. The molecule has 0 radical (unpaired) electrons. The van der Waals surface area contributed by atoms with Gasteiger partial charge in [0.2, 0.25) is 5.91 Å². The van der Waals surface area contributed by atoms with Gasteiger partial charge in [-0.05, 0) is 30.2 Å². The molecular formula is C10H12BrNO3. The molecule has 0 bridgehead atoms. The molecule has 0 fully saturated rings. The van der Waals surface area contributed by atoms with Crippen LogP contribution in [0, 0.1) is 6.92 Å². The van der Waals surface area contributed by atoms with Crippen molar-refractivity contribution in [1.29, 1.82) is 0 Å². The van der Waals surface area contributed by atoms with E-state index >= 15 is 0 Å². The van der Waals surface area contributed by atoms with Crippen LogP contribution >= 0.6 is 15.9 Å². The highest BCUT2D eigenvalue weighted by Gasteiger charge is 2.24. The number of rotatable bonds is 3. The van der Waals surface area contributed by atoms with Crippen molar-refractivity contribution < 1.29 is 15.0 Å². The van der Waals surface area contributed by atoms with E-state index in [9.17, 15) is 15.0 Å². The van der Waals surface area contributed by atoms with Crippen LogP contribution in [-0.4, -0.2) is 22.2 Å². The molecule has 4 nitrogen and oxygen atoms in total. The molecule has 0 aliphatic heterocycles. The molecule has 4 N–H and O–H groups in total. The average molecular weight is 274 g/mol. The highest BCUT2D eigenvalue weighted by molar-refractivity contribution is 9.10. The van der Waals surface area contributed by atoms with Crippen LogP contribution < -0.4 is 5.73 Å². The molecule has 0 aromatic heterocycles. The minimum absolute atomic E-state index is 0.482. The summed E-state index contributed by atoms with van der Waals surface area (Å²) in [6.07, 6.45) is -2.88. The molecule has 1 aromatic carbocycles. The quantitative estimate of drug-likeness (QED) is 0.756. The van der Waals surface area contributed by atoms with Crippen molar-refractivity contribution in [3.63, 3.8) is 0 Å². The van der Waals surface area contributed by atoms with Crippen LogP contribution in [0.2, 0.25) is 0 Å². The van der Waals surface area contributed by atoms with Crippen molar-refractivity contribution in [3.05, 3.63) is 33.8 Å². The molecule has 0 saturated heterocycles. The Kier molecular flexibility index (Phi) is 3.84. The van der Waals surface area contributed by atoms with Crippen LogP contribution in [0.5, 0.6) is 0 Å². The number of carbonyl (C=O) groups is 1. The number of benzene rings is 1. The van der Waals surface area contributed by atoms with Crippen molar-refractivity contribution in [3.8, 4) is 0 Å². The Balaban J connectivity index is 3.04. The normalized spacial score (nSPS) is 14.7. The third kappa shape index (κ3) is 2.77. The van der Waals surface area contributed by atoms with E-state index in [2.05, 4.69) is 15.9 Å². The molecule has 0 aliphatic carbocycles. The van der Waals surface area contributed by atoms with Crippen LogP contribution in [0.15, 0.2) is 22.7 Å². The first-order chi connectivity index (χ1) is 6.93. The fourth-order valence-electron chi connectivity index (χ4n) is 1.26. The van der Waals surface area contributed by atoms with Gasteiger partial charge in [0.15, 0.2) is 6.10 Å². The third-order valence-electron chi connectivity index (χ3n) is 2.15. The predicted octanol–water partition coefficient (Wildman–Crippen LogP) is 0.637. The molecule has 2 atom stereocenters. The summed E-state index contributed by atoms with van der Waals surface area (Å²) in [5, 5.41) is 19.0. The van der Waals surface area contributed by atoms with E-state index in [1.165, 1.54) is 0 Å². The first kappa shape index (κ1) is 12.2. The average Bonchev–Trinajstić information content (AvgIpc) is 2.19. The summed E-state index contributed by atoms with van der Waals surface area (Å²) in [5.41, 5.74) is 6.17. The molecule has 1 rings (SSSR count). The molecule has 82 valence electrons. The molecule has 1 aromatic rings. The van der Waals surface area contributed by atoms with Crippen molar-refractivity contribution in [2.24, 2.45) is 5.73 Å². The van der Waals surface area contributed by atoms with Gasteiger partial charge in [0.1, 0.15) is 6.10 Å². The number of nitrogens with two attached hydrogens (primary N) is 1. The lowest BCUT2D eigenvalue weighted by Gasteiger charge is -2.17. The SMILES string of the molecule is Cc1ccc(Br)cc1C(O)C(O)C(N)=O. The molecule has 15 heavy (non-hydrogen) atoms. The van der Waals surface area contributed by atoms with Crippen LogP contribution in [0.25, 0.3) is 0 Å². The van der Waals surface area contributed by atoms with E-state index in [0.717, 1.165) is 10.0 Å². The van der Waals surface area contributed by atoms with E-state index in [1.54, 1.807) is 19.1 Å². The Morgan fingerprint density at radius 1 is 1.47 bits per heavy atom. The summed E-state index contributed by atoms with van der Waals surface area (Å²) >= 11 is 3.24. The Morgan fingerprint density at radius 3 is 2.60 bits per heavy atom. The molecular weight excluding hydrogens is 262 g/mol. The van der Waals surface area contributed by atoms with E-state index in [-0.39, 0.29) is 0 Å². The van der Waals surface area contributed by atoms with Gasteiger partial charge in [-0.3, -0.25) is 4.79 Å². The van der Waals surface area contributed by atoms with Gasteiger partial charge >= 0.3 is 0 Å². The Hall–Kier alpha value is -0.910. The second-order valence-electron chi connectivity index (χ2n) is 3.29. The maximum Gasteiger partial charge on any atom is 0.249 e. The fraction of sp³-hybridized carbons (Fsp3) is 0.300. The number of aliphatic hydroxyl groups excluding tert-OH is 2. The summed E-state index contributed by atoms with van der Waals surface area (Å²) in [6.45, 7) is 1.78. The van der Waals surface area contributed by atoms with Crippen LogP contribution in [0.3, 0.4) is 0 Å². The van der Waals surface area contributed by atoms with Gasteiger partial charge in [0.25, 0.3) is 0 Å². The maximum atomic E-state index is 10.7. The Labute approximate surface area is 95.8 Å². The second-order valence-corrected chi connectivity index (χ2v) is 4.21.